The number of hydrogen-bond acceptors (Lipinski definition) is 4. The van der Waals surface area contributed by atoms with Crippen LogP contribution in [0.25, 0.3) is 5.70 Å². The van der Waals surface area contributed by atoms with Crippen LogP contribution in [-0.2, 0) is 14.4 Å². The van der Waals surface area contributed by atoms with Crippen LogP contribution in [0, 0.1) is 0 Å². The minimum Gasteiger partial charge on any atom is -0.385 e. The van der Waals surface area contributed by atoms with E-state index in [-0.39, 0.29) is 5.91 Å². The van der Waals surface area contributed by atoms with Crippen LogP contribution in [0.3, 0.4) is 0 Å². The van der Waals surface area contributed by atoms with Crippen molar-refractivity contribution in [2.75, 3.05) is 20.3 Å². The van der Waals surface area contributed by atoms with Crippen LogP contribution in [0.2, 0.25) is 5.02 Å². The van der Waals surface area contributed by atoms with E-state index >= 15 is 0 Å². The second kappa shape index (κ2) is 8.85. The lowest BCUT2D eigenvalue weighted by atomic mass is 9.97. The molecule has 0 saturated heterocycles. The average molecular weight is 373 g/mol. The molecule has 0 aromatic heterocycles. The molecule has 26 heavy (non-hydrogen) atoms. The predicted octanol–water partition coefficient (Wildman–Crippen LogP) is 3.48. The summed E-state index contributed by atoms with van der Waals surface area (Å²) in [5, 5.41) is 3.58. The van der Waals surface area contributed by atoms with Gasteiger partial charge in [-0.2, -0.15) is 0 Å². The molecule has 1 atom stereocenters. The molecule has 1 aliphatic rings. The first-order valence-corrected chi connectivity index (χ1v) is 8.82. The SMILES string of the molecule is COCCCNC(=O)C1=C(c2ccc(Cl)cc2)NO[C@H]1c1ccccc1. The van der Waals surface area contributed by atoms with Gasteiger partial charge in [0.1, 0.15) is 6.10 Å². The Hall–Kier alpha value is -2.34. The molecule has 1 aliphatic heterocycles. The summed E-state index contributed by atoms with van der Waals surface area (Å²) in [6, 6.07) is 17.0. The van der Waals surface area contributed by atoms with Gasteiger partial charge < -0.3 is 10.1 Å². The van der Waals surface area contributed by atoms with Gasteiger partial charge in [-0.1, -0.05) is 54.1 Å². The van der Waals surface area contributed by atoms with Crippen LogP contribution in [0.1, 0.15) is 23.7 Å². The Kier molecular flexibility index (Phi) is 6.28. The van der Waals surface area contributed by atoms with E-state index < -0.39 is 6.10 Å². The Labute approximate surface area is 157 Å². The maximum Gasteiger partial charge on any atom is 0.252 e. The summed E-state index contributed by atoms with van der Waals surface area (Å²) in [5.41, 5.74) is 5.88. The van der Waals surface area contributed by atoms with E-state index in [2.05, 4.69) is 10.8 Å². The van der Waals surface area contributed by atoms with Gasteiger partial charge in [0.05, 0.1) is 11.3 Å². The van der Waals surface area contributed by atoms with Crippen LogP contribution in [0.15, 0.2) is 60.2 Å². The highest BCUT2D eigenvalue weighted by Crippen LogP contribution is 2.36. The van der Waals surface area contributed by atoms with Crippen LogP contribution in [-0.4, -0.2) is 26.2 Å². The Morgan fingerprint density at radius 1 is 1.19 bits per heavy atom. The Bertz CT molecular complexity index is 775. The first-order valence-electron chi connectivity index (χ1n) is 8.44. The van der Waals surface area contributed by atoms with Gasteiger partial charge in [0.2, 0.25) is 0 Å². The lowest BCUT2D eigenvalue weighted by molar-refractivity contribution is -0.118. The zero-order chi connectivity index (χ0) is 18.4. The van der Waals surface area contributed by atoms with Gasteiger partial charge >= 0.3 is 0 Å². The third kappa shape index (κ3) is 4.25. The summed E-state index contributed by atoms with van der Waals surface area (Å²) in [6.45, 7) is 1.13. The topological polar surface area (TPSA) is 59.6 Å². The molecule has 0 unspecified atom stereocenters. The third-order valence-corrected chi connectivity index (χ3v) is 4.35. The van der Waals surface area contributed by atoms with Crippen LogP contribution in [0.4, 0.5) is 0 Å². The fraction of sp³-hybridized carbons (Fsp3) is 0.250. The number of ether oxygens (including phenoxy) is 1. The molecule has 3 rings (SSSR count). The standard InChI is InChI=1S/C20H21ClN2O3/c1-25-13-5-12-22-20(24)17-18(14-8-10-16(21)11-9-14)23-26-19(17)15-6-3-2-4-7-15/h2-4,6-11,19,23H,5,12-13H2,1H3,(H,22,24)/t19-/m0/s1. The second-order valence-electron chi connectivity index (χ2n) is 5.91. The highest BCUT2D eigenvalue weighted by atomic mass is 35.5. The van der Waals surface area contributed by atoms with E-state index in [1.165, 1.54) is 0 Å². The monoisotopic (exact) mass is 372 g/mol. The number of rotatable bonds is 7. The number of methoxy groups -OCH3 is 1. The summed E-state index contributed by atoms with van der Waals surface area (Å²) < 4.78 is 5.03. The van der Waals surface area contributed by atoms with E-state index in [1.807, 2.05) is 42.5 Å². The van der Waals surface area contributed by atoms with Gasteiger partial charge in [-0.15, -0.1) is 0 Å². The molecule has 0 bridgehead atoms. The molecular formula is C20H21ClN2O3. The largest absolute Gasteiger partial charge is 0.385 e. The number of nitrogens with one attached hydrogen (secondary N) is 2. The number of benzene rings is 2. The maximum atomic E-state index is 12.9. The van der Waals surface area contributed by atoms with Crippen molar-refractivity contribution >= 4 is 23.2 Å². The smallest absolute Gasteiger partial charge is 0.252 e. The minimum atomic E-state index is -0.482. The van der Waals surface area contributed by atoms with Crippen molar-refractivity contribution in [2.24, 2.45) is 0 Å². The van der Waals surface area contributed by atoms with Gasteiger partial charge in [-0.05, 0) is 24.1 Å². The minimum absolute atomic E-state index is 0.162. The maximum absolute atomic E-state index is 12.9. The van der Waals surface area contributed by atoms with Crippen molar-refractivity contribution in [1.29, 1.82) is 0 Å². The highest BCUT2D eigenvalue weighted by molar-refractivity contribution is 6.30. The van der Waals surface area contributed by atoms with Crippen LogP contribution < -0.4 is 10.8 Å². The summed E-state index contributed by atoms with van der Waals surface area (Å²) >= 11 is 5.98. The molecule has 5 nitrogen and oxygen atoms in total. The van der Waals surface area contributed by atoms with Crippen LogP contribution >= 0.6 is 11.6 Å². The second-order valence-corrected chi connectivity index (χ2v) is 6.34. The molecule has 6 heteroatoms. The Balaban J connectivity index is 1.91. The number of carbonyl (C=O) groups is 1. The van der Waals surface area contributed by atoms with E-state index in [4.69, 9.17) is 21.2 Å². The normalized spacial score (nSPS) is 16.5. The number of hydroxylamine groups is 1. The molecule has 0 spiro atoms. The zero-order valence-electron chi connectivity index (χ0n) is 14.5. The molecular weight excluding hydrogens is 352 g/mol. The first kappa shape index (κ1) is 18.5. The average Bonchev–Trinajstić information content (AvgIpc) is 3.11. The van der Waals surface area contributed by atoms with Gasteiger partial charge in [-0.25, -0.2) is 0 Å². The van der Waals surface area contributed by atoms with E-state index in [0.717, 1.165) is 17.5 Å². The van der Waals surface area contributed by atoms with E-state index in [1.54, 1.807) is 19.2 Å². The summed E-state index contributed by atoms with van der Waals surface area (Å²) in [4.78, 5) is 18.6. The van der Waals surface area contributed by atoms with Crippen molar-refractivity contribution in [1.82, 2.24) is 10.8 Å². The van der Waals surface area contributed by atoms with Crippen molar-refractivity contribution in [2.45, 2.75) is 12.5 Å². The third-order valence-electron chi connectivity index (χ3n) is 4.10. The molecule has 0 fully saturated rings. The molecule has 1 heterocycles. The quantitative estimate of drug-likeness (QED) is 0.730. The van der Waals surface area contributed by atoms with E-state index in [0.29, 0.717) is 29.4 Å². The number of carbonyl (C=O) groups excluding carboxylic acids is 1. The van der Waals surface area contributed by atoms with Gasteiger partial charge in [0.25, 0.3) is 5.91 Å². The van der Waals surface area contributed by atoms with Crippen molar-refractivity contribution in [3.63, 3.8) is 0 Å². The van der Waals surface area contributed by atoms with Crippen molar-refractivity contribution < 1.29 is 14.4 Å². The molecule has 1 amide bonds. The number of hydrogen-bond donors (Lipinski definition) is 2. The highest BCUT2D eigenvalue weighted by Gasteiger charge is 2.33. The molecule has 2 aromatic carbocycles. The lowest BCUT2D eigenvalue weighted by Gasteiger charge is -2.13. The van der Waals surface area contributed by atoms with Gasteiger partial charge in [0.15, 0.2) is 0 Å². The first-order chi connectivity index (χ1) is 12.7. The van der Waals surface area contributed by atoms with Crippen LogP contribution in [0.5, 0.6) is 0 Å². The molecule has 0 aliphatic carbocycles. The molecule has 2 aromatic rings. The van der Waals surface area contributed by atoms with Gasteiger partial charge in [-0.3, -0.25) is 15.1 Å². The number of halogens is 1. The van der Waals surface area contributed by atoms with Crippen molar-refractivity contribution in [3.05, 3.63) is 76.3 Å². The van der Waals surface area contributed by atoms with E-state index in [9.17, 15) is 4.79 Å². The predicted molar refractivity (Wildman–Crippen MR) is 101 cm³/mol. The summed E-state index contributed by atoms with van der Waals surface area (Å²) in [7, 11) is 1.64. The van der Waals surface area contributed by atoms with Gasteiger partial charge in [0, 0.05) is 30.8 Å². The van der Waals surface area contributed by atoms with Crippen molar-refractivity contribution in [3.8, 4) is 0 Å². The Morgan fingerprint density at radius 2 is 1.92 bits per heavy atom. The summed E-state index contributed by atoms with van der Waals surface area (Å²) in [6.07, 6.45) is 0.264. The molecule has 2 N–H and O–H groups in total. The Morgan fingerprint density at radius 3 is 2.62 bits per heavy atom. The zero-order valence-corrected chi connectivity index (χ0v) is 15.3. The number of amides is 1. The molecule has 136 valence electrons. The fourth-order valence-corrected chi connectivity index (χ4v) is 2.93. The summed E-state index contributed by atoms with van der Waals surface area (Å²) in [5.74, 6) is -0.162. The fourth-order valence-electron chi connectivity index (χ4n) is 2.80. The lowest BCUT2D eigenvalue weighted by Crippen LogP contribution is -2.28. The molecule has 0 saturated carbocycles. The molecule has 0 radical (unpaired) electrons.